The SMILES string of the molecule is CC1(C)CNC(c2ccccc2O)O1. The summed E-state index contributed by atoms with van der Waals surface area (Å²) >= 11 is 0. The Morgan fingerprint density at radius 3 is 2.71 bits per heavy atom. The zero-order valence-corrected chi connectivity index (χ0v) is 8.45. The van der Waals surface area contributed by atoms with Gasteiger partial charge in [-0.15, -0.1) is 0 Å². The van der Waals surface area contributed by atoms with Crippen LogP contribution < -0.4 is 5.32 Å². The van der Waals surface area contributed by atoms with E-state index in [1.807, 2.05) is 26.0 Å². The van der Waals surface area contributed by atoms with Crippen LogP contribution in [-0.2, 0) is 4.74 Å². The van der Waals surface area contributed by atoms with Gasteiger partial charge < -0.3 is 9.84 Å². The Kier molecular flexibility index (Phi) is 2.21. The van der Waals surface area contributed by atoms with Gasteiger partial charge in [0.1, 0.15) is 12.0 Å². The molecule has 0 saturated carbocycles. The number of phenolic OH excluding ortho intramolecular Hbond substituents is 1. The Hall–Kier alpha value is -1.06. The van der Waals surface area contributed by atoms with Crippen LogP contribution in [-0.4, -0.2) is 17.3 Å². The molecule has 1 aromatic carbocycles. The number of hydrogen-bond donors (Lipinski definition) is 2. The third-order valence-corrected chi connectivity index (χ3v) is 2.37. The molecule has 1 aliphatic rings. The highest BCUT2D eigenvalue weighted by Gasteiger charge is 2.32. The second-order valence-electron chi connectivity index (χ2n) is 4.20. The van der Waals surface area contributed by atoms with Crippen molar-refractivity contribution in [3.05, 3.63) is 29.8 Å². The number of benzene rings is 1. The molecular formula is C11H15NO2. The van der Waals surface area contributed by atoms with Crippen LogP contribution in [0.5, 0.6) is 5.75 Å². The fraction of sp³-hybridized carbons (Fsp3) is 0.455. The lowest BCUT2D eigenvalue weighted by Gasteiger charge is -2.18. The molecule has 3 nitrogen and oxygen atoms in total. The molecule has 1 fully saturated rings. The van der Waals surface area contributed by atoms with Crippen LogP contribution in [0.2, 0.25) is 0 Å². The Morgan fingerprint density at radius 1 is 1.43 bits per heavy atom. The molecule has 0 spiro atoms. The summed E-state index contributed by atoms with van der Waals surface area (Å²) in [5.41, 5.74) is 0.644. The summed E-state index contributed by atoms with van der Waals surface area (Å²) < 4.78 is 5.74. The van der Waals surface area contributed by atoms with E-state index < -0.39 is 0 Å². The van der Waals surface area contributed by atoms with Crippen LogP contribution in [0.3, 0.4) is 0 Å². The topological polar surface area (TPSA) is 41.5 Å². The minimum atomic E-state index is -0.189. The van der Waals surface area contributed by atoms with E-state index in [-0.39, 0.29) is 17.6 Å². The van der Waals surface area contributed by atoms with Crippen molar-refractivity contribution in [2.24, 2.45) is 0 Å². The van der Waals surface area contributed by atoms with Crippen molar-refractivity contribution in [3.63, 3.8) is 0 Å². The quantitative estimate of drug-likeness (QED) is 0.714. The van der Waals surface area contributed by atoms with Crippen molar-refractivity contribution in [2.75, 3.05) is 6.54 Å². The van der Waals surface area contributed by atoms with E-state index in [1.54, 1.807) is 12.1 Å². The molecule has 2 N–H and O–H groups in total. The molecule has 1 atom stereocenters. The summed E-state index contributed by atoms with van der Waals surface area (Å²) in [6.07, 6.45) is -0.189. The third-order valence-electron chi connectivity index (χ3n) is 2.37. The van der Waals surface area contributed by atoms with Gasteiger partial charge in [0.05, 0.1) is 5.60 Å². The first-order valence-corrected chi connectivity index (χ1v) is 4.78. The highest BCUT2D eigenvalue weighted by atomic mass is 16.5. The van der Waals surface area contributed by atoms with Crippen molar-refractivity contribution in [1.29, 1.82) is 0 Å². The number of rotatable bonds is 1. The van der Waals surface area contributed by atoms with E-state index in [0.717, 1.165) is 12.1 Å². The lowest BCUT2D eigenvalue weighted by atomic mass is 10.1. The van der Waals surface area contributed by atoms with Gasteiger partial charge in [-0.3, -0.25) is 5.32 Å². The lowest BCUT2D eigenvalue weighted by molar-refractivity contribution is -0.0164. The van der Waals surface area contributed by atoms with E-state index in [1.165, 1.54) is 0 Å². The zero-order chi connectivity index (χ0) is 10.2. The largest absolute Gasteiger partial charge is 0.508 e. The van der Waals surface area contributed by atoms with Gasteiger partial charge >= 0.3 is 0 Å². The van der Waals surface area contributed by atoms with Crippen molar-refractivity contribution in [1.82, 2.24) is 5.32 Å². The first kappa shape index (κ1) is 9.49. The van der Waals surface area contributed by atoms with Gasteiger partial charge in [0.2, 0.25) is 0 Å². The van der Waals surface area contributed by atoms with Crippen molar-refractivity contribution >= 4 is 0 Å². The third kappa shape index (κ3) is 1.74. The lowest BCUT2D eigenvalue weighted by Crippen LogP contribution is -2.23. The zero-order valence-electron chi connectivity index (χ0n) is 8.45. The van der Waals surface area contributed by atoms with Crippen molar-refractivity contribution in [3.8, 4) is 5.75 Å². The maximum absolute atomic E-state index is 9.62. The molecule has 2 rings (SSSR count). The normalized spacial score (nSPS) is 25.1. The van der Waals surface area contributed by atoms with E-state index in [2.05, 4.69) is 5.32 Å². The predicted octanol–water partition coefficient (Wildman–Crippen LogP) is 1.79. The second-order valence-corrected chi connectivity index (χ2v) is 4.20. The maximum atomic E-state index is 9.62. The van der Waals surface area contributed by atoms with Gasteiger partial charge in [0.15, 0.2) is 0 Å². The van der Waals surface area contributed by atoms with Crippen molar-refractivity contribution in [2.45, 2.75) is 25.7 Å². The van der Waals surface area contributed by atoms with Crippen LogP contribution in [0, 0.1) is 0 Å². The number of hydrogen-bond acceptors (Lipinski definition) is 3. The fourth-order valence-corrected chi connectivity index (χ4v) is 1.62. The van der Waals surface area contributed by atoms with Gasteiger partial charge in [-0.25, -0.2) is 0 Å². The van der Waals surface area contributed by atoms with E-state index in [9.17, 15) is 5.11 Å². The number of phenols is 1. The van der Waals surface area contributed by atoms with Gasteiger partial charge in [0.25, 0.3) is 0 Å². The van der Waals surface area contributed by atoms with E-state index >= 15 is 0 Å². The monoisotopic (exact) mass is 193 g/mol. The highest BCUT2D eigenvalue weighted by molar-refractivity contribution is 5.33. The first-order valence-electron chi connectivity index (χ1n) is 4.78. The van der Waals surface area contributed by atoms with Gasteiger partial charge in [-0.2, -0.15) is 0 Å². The molecular weight excluding hydrogens is 178 g/mol. The minimum absolute atomic E-state index is 0.160. The van der Waals surface area contributed by atoms with Gasteiger partial charge in [0, 0.05) is 12.1 Å². The summed E-state index contributed by atoms with van der Waals surface area (Å²) in [5.74, 6) is 0.280. The van der Waals surface area contributed by atoms with Gasteiger partial charge in [-0.05, 0) is 19.9 Å². The van der Waals surface area contributed by atoms with Crippen molar-refractivity contribution < 1.29 is 9.84 Å². The van der Waals surface area contributed by atoms with Crippen LogP contribution in [0.4, 0.5) is 0 Å². The summed E-state index contributed by atoms with van der Waals surface area (Å²) in [7, 11) is 0. The number of para-hydroxylation sites is 1. The smallest absolute Gasteiger partial charge is 0.138 e. The molecule has 0 bridgehead atoms. The molecule has 1 unspecified atom stereocenters. The average Bonchev–Trinajstić information content (AvgIpc) is 2.47. The average molecular weight is 193 g/mol. The van der Waals surface area contributed by atoms with Crippen LogP contribution in [0.25, 0.3) is 0 Å². The fourth-order valence-electron chi connectivity index (χ4n) is 1.62. The first-order chi connectivity index (χ1) is 6.58. The molecule has 0 aromatic heterocycles. The molecule has 1 heterocycles. The second kappa shape index (κ2) is 3.26. The van der Waals surface area contributed by atoms with Crippen LogP contribution in [0.15, 0.2) is 24.3 Å². The van der Waals surface area contributed by atoms with Crippen LogP contribution in [0.1, 0.15) is 25.6 Å². The Labute approximate surface area is 83.7 Å². The molecule has 76 valence electrons. The van der Waals surface area contributed by atoms with E-state index in [0.29, 0.717) is 0 Å². The summed E-state index contributed by atoms with van der Waals surface area (Å²) in [6, 6.07) is 7.24. The molecule has 0 radical (unpaired) electrons. The molecule has 1 saturated heterocycles. The molecule has 1 aliphatic heterocycles. The minimum Gasteiger partial charge on any atom is -0.508 e. The molecule has 3 heteroatoms. The molecule has 0 aliphatic carbocycles. The molecule has 0 amide bonds. The summed E-state index contributed by atoms with van der Waals surface area (Å²) in [5, 5.41) is 12.8. The maximum Gasteiger partial charge on any atom is 0.138 e. The number of aromatic hydroxyl groups is 1. The summed E-state index contributed by atoms with van der Waals surface area (Å²) in [4.78, 5) is 0. The highest BCUT2D eigenvalue weighted by Crippen LogP contribution is 2.32. The number of ether oxygens (including phenoxy) is 1. The molecule has 1 aromatic rings. The molecule has 14 heavy (non-hydrogen) atoms. The Balaban J connectivity index is 2.22. The number of nitrogens with one attached hydrogen (secondary N) is 1. The Bertz CT molecular complexity index is 336. The predicted molar refractivity (Wildman–Crippen MR) is 54.0 cm³/mol. The van der Waals surface area contributed by atoms with Gasteiger partial charge in [-0.1, -0.05) is 18.2 Å². The summed E-state index contributed by atoms with van der Waals surface area (Å²) in [6.45, 7) is 4.85. The van der Waals surface area contributed by atoms with Crippen LogP contribution >= 0.6 is 0 Å². The van der Waals surface area contributed by atoms with E-state index in [4.69, 9.17) is 4.74 Å². The Morgan fingerprint density at radius 2 is 2.14 bits per heavy atom. The standard InChI is InChI=1S/C11H15NO2/c1-11(2)7-12-10(14-11)8-5-3-4-6-9(8)13/h3-6,10,12-13H,7H2,1-2H3.